The quantitative estimate of drug-likeness (QED) is 0.816. The third-order valence-electron chi connectivity index (χ3n) is 2.72. The molecular formula is C13H11Cl2NO4S2. The summed E-state index contributed by atoms with van der Waals surface area (Å²) in [6.07, 6.45) is 0. The number of ether oxygens (including phenoxy) is 1. The number of carbonyl (C=O) groups excluding carboxylic acids is 1. The second-order valence-electron chi connectivity index (χ2n) is 4.30. The van der Waals surface area contributed by atoms with E-state index in [2.05, 4.69) is 9.46 Å². The van der Waals surface area contributed by atoms with Crippen LogP contribution in [-0.2, 0) is 14.8 Å². The Hall–Kier alpha value is -1.28. The smallest absolute Gasteiger partial charge is 0.348 e. The lowest BCUT2D eigenvalue weighted by molar-refractivity contribution is 0.0605. The normalized spacial score (nSPS) is 11.3. The van der Waals surface area contributed by atoms with Gasteiger partial charge in [0, 0.05) is 0 Å². The van der Waals surface area contributed by atoms with E-state index in [9.17, 15) is 13.2 Å². The van der Waals surface area contributed by atoms with Gasteiger partial charge in [0.2, 0.25) is 0 Å². The monoisotopic (exact) mass is 379 g/mol. The zero-order chi connectivity index (χ0) is 16.5. The van der Waals surface area contributed by atoms with Crippen molar-refractivity contribution in [3.63, 3.8) is 0 Å². The average Bonchev–Trinajstić information content (AvgIpc) is 2.80. The Labute approximate surface area is 141 Å². The standard InChI is InChI=1S/C13H11Cl2NO4S2/c1-7-5-11(21-12(7)13(17)20-2)16-22(18,19)8-3-4-9(14)10(15)6-8/h3-6,16H,1-2H3. The van der Waals surface area contributed by atoms with Crippen molar-refractivity contribution >= 4 is 55.5 Å². The number of halogens is 2. The van der Waals surface area contributed by atoms with Crippen LogP contribution in [0.15, 0.2) is 29.2 Å². The summed E-state index contributed by atoms with van der Waals surface area (Å²) >= 11 is 12.6. The van der Waals surface area contributed by atoms with E-state index >= 15 is 0 Å². The molecule has 0 saturated heterocycles. The molecule has 1 heterocycles. The lowest BCUT2D eigenvalue weighted by atomic mass is 10.3. The first-order valence-electron chi connectivity index (χ1n) is 5.91. The number of aryl methyl sites for hydroxylation is 1. The van der Waals surface area contributed by atoms with Crippen LogP contribution in [0.4, 0.5) is 5.00 Å². The van der Waals surface area contributed by atoms with E-state index in [1.807, 2.05) is 0 Å². The van der Waals surface area contributed by atoms with Gasteiger partial charge in [-0.2, -0.15) is 0 Å². The summed E-state index contributed by atoms with van der Waals surface area (Å²) in [4.78, 5) is 11.9. The summed E-state index contributed by atoms with van der Waals surface area (Å²) < 4.78 is 31.6. The number of nitrogens with one attached hydrogen (secondary N) is 1. The summed E-state index contributed by atoms with van der Waals surface area (Å²) in [6.45, 7) is 1.69. The first-order valence-corrected chi connectivity index (χ1v) is 8.97. The number of thiophene rings is 1. The number of methoxy groups -OCH3 is 1. The van der Waals surface area contributed by atoms with E-state index in [4.69, 9.17) is 23.2 Å². The van der Waals surface area contributed by atoms with Crippen molar-refractivity contribution in [2.45, 2.75) is 11.8 Å². The number of hydrogen-bond acceptors (Lipinski definition) is 5. The zero-order valence-electron chi connectivity index (χ0n) is 11.5. The summed E-state index contributed by atoms with van der Waals surface area (Å²) in [5.41, 5.74) is 0.628. The molecule has 0 aliphatic carbocycles. The third-order valence-corrected chi connectivity index (χ3v) is 6.09. The number of rotatable bonds is 4. The van der Waals surface area contributed by atoms with Crippen molar-refractivity contribution in [2.24, 2.45) is 0 Å². The highest BCUT2D eigenvalue weighted by Gasteiger charge is 2.20. The van der Waals surface area contributed by atoms with Gasteiger partial charge in [-0.15, -0.1) is 11.3 Å². The number of sulfonamides is 1. The van der Waals surface area contributed by atoms with E-state index in [1.54, 1.807) is 13.0 Å². The molecule has 5 nitrogen and oxygen atoms in total. The minimum Gasteiger partial charge on any atom is -0.465 e. The Morgan fingerprint density at radius 2 is 1.91 bits per heavy atom. The molecule has 0 saturated carbocycles. The van der Waals surface area contributed by atoms with Crippen LogP contribution in [0, 0.1) is 6.92 Å². The lowest BCUT2D eigenvalue weighted by Crippen LogP contribution is -2.11. The molecule has 22 heavy (non-hydrogen) atoms. The lowest BCUT2D eigenvalue weighted by Gasteiger charge is -2.06. The van der Waals surface area contributed by atoms with Gasteiger partial charge in [0.05, 0.1) is 22.1 Å². The Morgan fingerprint density at radius 3 is 2.50 bits per heavy atom. The molecule has 2 rings (SSSR count). The largest absolute Gasteiger partial charge is 0.465 e. The molecule has 2 aromatic rings. The number of carbonyl (C=O) groups is 1. The topological polar surface area (TPSA) is 72.5 Å². The molecule has 118 valence electrons. The molecule has 0 fully saturated rings. The van der Waals surface area contributed by atoms with E-state index < -0.39 is 16.0 Å². The average molecular weight is 380 g/mol. The molecule has 1 aromatic carbocycles. The SMILES string of the molecule is COC(=O)c1sc(NS(=O)(=O)c2ccc(Cl)c(Cl)c2)cc1C. The van der Waals surface area contributed by atoms with Gasteiger partial charge in [-0.25, -0.2) is 13.2 Å². The Bertz CT molecular complexity index is 831. The maximum atomic E-state index is 12.3. The maximum Gasteiger partial charge on any atom is 0.348 e. The highest BCUT2D eigenvalue weighted by molar-refractivity contribution is 7.93. The molecule has 0 atom stereocenters. The van der Waals surface area contributed by atoms with Crippen molar-refractivity contribution in [2.75, 3.05) is 11.8 Å². The Kier molecular flexibility index (Phi) is 5.01. The molecule has 1 aromatic heterocycles. The van der Waals surface area contributed by atoms with E-state index in [-0.39, 0.29) is 14.9 Å². The number of esters is 1. The second-order valence-corrected chi connectivity index (χ2v) is 7.84. The van der Waals surface area contributed by atoms with Gasteiger partial charge in [0.25, 0.3) is 10.0 Å². The first kappa shape index (κ1) is 17.1. The van der Waals surface area contributed by atoms with Crippen molar-refractivity contribution < 1.29 is 17.9 Å². The minimum atomic E-state index is -3.82. The van der Waals surface area contributed by atoms with Gasteiger partial charge in [0.15, 0.2) is 0 Å². The highest BCUT2D eigenvalue weighted by Crippen LogP contribution is 2.30. The summed E-state index contributed by atoms with van der Waals surface area (Å²) in [6, 6.07) is 5.57. The number of hydrogen-bond donors (Lipinski definition) is 1. The molecule has 0 unspecified atom stereocenters. The summed E-state index contributed by atoms with van der Waals surface area (Å²) in [5, 5.41) is 0.715. The van der Waals surface area contributed by atoms with Crippen molar-refractivity contribution in [1.29, 1.82) is 0 Å². The predicted molar refractivity (Wildman–Crippen MR) is 87.7 cm³/mol. The molecule has 9 heteroatoms. The predicted octanol–water partition coefficient (Wildman–Crippen LogP) is 3.95. The first-order chi connectivity index (χ1) is 10.2. The highest BCUT2D eigenvalue weighted by atomic mass is 35.5. The van der Waals surface area contributed by atoms with Crippen LogP contribution in [-0.4, -0.2) is 21.5 Å². The summed E-state index contributed by atoms with van der Waals surface area (Å²) in [7, 11) is -2.56. The van der Waals surface area contributed by atoms with Crippen molar-refractivity contribution in [1.82, 2.24) is 0 Å². The minimum absolute atomic E-state index is 0.0208. The molecule has 0 aliphatic rings. The molecule has 0 aliphatic heterocycles. The fourth-order valence-corrected chi connectivity index (χ4v) is 4.33. The molecule has 0 bridgehead atoms. The fraction of sp³-hybridized carbons (Fsp3) is 0.154. The number of benzene rings is 1. The van der Waals surface area contributed by atoms with Crippen molar-refractivity contribution in [3.05, 3.63) is 44.8 Å². The van der Waals surface area contributed by atoms with Gasteiger partial charge < -0.3 is 4.74 Å². The van der Waals surface area contributed by atoms with Crippen LogP contribution in [0.25, 0.3) is 0 Å². The Morgan fingerprint density at radius 1 is 1.23 bits per heavy atom. The molecule has 0 spiro atoms. The van der Waals surface area contributed by atoms with Crippen LogP contribution in [0.3, 0.4) is 0 Å². The molecule has 0 radical (unpaired) electrons. The van der Waals surface area contributed by atoms with E-state index in [0.29, 0.717) is 15.4 Å². The number of anilines is 1. The zero-order valence-corrected chi connectivity index (χ0v) is 14.7. The summed E-state index contributed by atoms with van der Waals surface area (Å²) in [5.74, 6) is -0.512. The van der Waals surface area contributed by atoms with E-state index in [0.717, 1.165) is 11.3 Å². The van der Waals surface area contributed by atoms with E-state index in [1.165, 1.54) is 25.3 Å². The van der Waals surface area contributed by atoms with Gasteiger partial charge >= 0.3 is 5.97 Å². The Balaban J connectivity index is 2.33. The van der Waals surface area contributed by atoms with Gasteiger partial charge in [-0.3, -0.25) is 4.72 Å². The van der Waals surface area contributed by atoms with Gasteiger partial charge in [-0.05, 0) is 36.8 Å². The second kappa shape index (κ2) is 6.45. The van der Waals surface area contributed by atoms with Crippen LogP contribution in [0.1, 0.15) is 15.2 Å². The van der Waals surface area contributed by atoms with Gasteiger partial charge in [0.1, 0.15) is 9.88 Å². The van der Waals surface area contributed by atoms with Gasteiger partial charge in [-0.1, -0.05) is 23.2 Å². The van der Waals surface area contributed by atoms with Crippen molar-refractivity contribution in [3.8, 4) is 0 Å². The van der Waals surface area contributed by atoms with Crippen LogP contribution in [0.5, 0.6) is 0 Å². The molecular weight excluding hydrogens is 369 g/mol. The van der Waals surface area contributed by atoms with Crippen LogP contribution in [0.2, 0.25) is 10.0 Å². The van der Waals surface area contributed by atoms with Crippen LogP contribution < -0.4 is 4.72 Å². The molecule has 1 N–H and O–H groups in total. The van der Waals surface area contributed by atoms with Crippen LogP contribution >= 0.6 is 34.5 Å². The fourth-order valence-electron chi connectivity index (χ4n) is 1.66. The maximum absolute atomic E-state index is 12.3. The third kappa shape index (κ3) is 3.55. The molecule has 0 amide bonds.